The third kappa shape index (κ3) is 7.64. The summed E-state index contributed by atoms with van der Waals surface area (Å²) >= 11 is 6.45. The molecule has 0 radical (unpaired) electrons. The molecular weight excluding hydrogens is 546 g/mol. The van der Waals surface area contributed by atoms with Crippen LogP contribution in [0, 0.1) is 13.8 Å². The zero-order valence-electron chi connectivity index (χ0n) is 23.6. The van der Waals surface area contributed by atoms with E-state index in [1.807, 2.05) is 45.9 Å². The van der Waals surface area contributed by atoms with Gasteiger partial charge >= 0.3 is 0 Å². The molecule has 0 fully saturated rings. The highest BCUT2D eigenvalue weighted by atomic mass is 35.5. The van der Waals surface area contributed by atoms with Crippen LogP contribution in [0.25, 0.3) is 0 Å². The number of carbonyl (C=O) groups excluding carboxylic acids is 2. The number of benzene rings is 3. The van der Waals surface area contributed by atoms with Gasteiger partial charge in [0.05, 0.1) is 10.6 Å². The van der Waals surface area contributed by atoms with Gasteiger partial charge in [-0.2, -0.15) is 0 Å². The van der Waals surface area contributed by atoms with Gasteiger partial charge in [-0.15, -0.1) is 0 Å². The van der Waals surface area contributed by atoms with E-state index in [1.54, 1.807) is 42.5 Å². The van der Waals surface area contributed by atoms with Crippen molar-refractivity contribution in [2.45, 2.75) is 64.4 Å². The number of nitrogens with one attached hydrogen (secondary N) is 1. The molecule has 0 heterocycles. The van der Waals surface area contributed by atoms with E-state index < -0.39 is 28.5 Å². The fourth-order valence-corrected chi connectivity index (χ4v) is 6.25. The lowest BCUT2D eigenvalue weighted by Crippen LogP contribution is -2.52. The second-order valence-electron chi connectivity index (χ2n) is 9.80. The summed E-state index contributed by atoms with van der Waals surface area (Å²) in [6, 6.07) is 19.8. The minimum absolute atomic E-state index is 0.0598. The van der Waals surface area contributed by atoms with Crippen molar-refractivity contribution in [1.82, 2.24) is 10.2 Å². The highest BCUT2D eigenvalue weighted by Crippen LogP contribution is 2.28. The molecule has 3 rings (SSSR count). The van der Waals surface area contributed by atoms with Gasteiger partial charge in [0.15, 0.2) is 0 Å². The molecule has 1 atom stereocenters. The molecule has 2 amide bonds. The van der Waals surface area contributed by atoms with E-state index in [1.165, 1.54) is 17.0 Å². The zero-order valence-corrected chi connectivity index (χ0v) is 25.1. The van der Waals surface area contributed by atoms with Crippen LogP contribution >= 0.6 is 11.6 Å². The average Bonchev–Trinajstić information content (AvgIpc) is 2.93. The van der Waals surface area contributed by atoms with E-state index >= 15 is 0 Å². The molecule has 0 aliphatic rings. The Kier molecular flexibility index (Phi) is 11.2. The fraction of sp³-hybridized carbons (Fsp3) is 0.355. The summed E-state index contributed by atoms with van der Waals surface area (Å²) < 4.78 is 29.0. The lowest BCUT2D eigenvalue weighted by molar-refractivity contribution is -0.140. The molecule has 3 aromatic rings. The van der Waals surface area contributed by atoms with Crippen molar-refractivity contribution >= 4 is 39.1 Å². The van der Waals surface area contributed by atoms with E-state index in [4.69, 9.17) is 11.6 Å². The molecule has 0 aliphatic carbocycles. The zero-order chi connectivity index (χ0) is 29.3. The normalized spacial score (nSPS) is 12.0. The van der Waals surface area contributed by atoms with E-state index in [2.05, 4.69) is 5.32 Å². The van der Waals surface area contributed by atoms with Crippen molar-refractivity contribution in [3.63, 3.8) is 0 Å². The molecule has 40 heavy (non-hydrogen) atoms. The number of aryl methyl sites for hydroxylation is 2. The molecule has 0 aliphatic heterocycles. The van der Waals surface area contributed by atoms with E-state index in [9.17, 15) is 18.0 Å². The first-order chi connectivity index (χ1) is 19.1. The molecule has 1 N–H and O–H groups in total. The number of rotatable bonds is 13. The van der Waals surface area contributed by atoms with Crippen LogP contribution in [0.1, 0.15) is 49.8 Å². The highest BCUT2D eigenvalue weighted by Gasteiger charge is 2.34. The average molecular weight is 584 g/mol. The predicted octanol–water partition coefficient (Wildman–Crippen LogP) is 5.88. The largest absolute Gasteiger partial charge is 0.354 e. The number of hydrogen-bond acceptors (Lipinski definition) is 4. The SMILES string of the molecule is CCCCNC(=O)[C@@H](CC)N(Cc1ccccc1Cl)C(=O)CN(c1ccc(C)cc1C)S(=O)(=O)c1ccccc1. The van der Waals surface area contributed by atoms with Crippen molar-refractivity contribution in [2.75, 3.05) is 17.4 Å². The van der Waals surface area contributed by atoms with Crippen LogP contribution in [0.3, 0.4) is 0 Å². The highest BCUT2D eigenvalue weighted by molar-refractivity contribution is 7.92. The number of hydrogen-bond donors (Lipinski definition) is 1. The van der Waals surface area contributed by atoms with Gasteiger partial charge in [-0.05, 0) is 62.1 Å². The first-order valence-electron chi connectivity index (χ1n) is 13.6. The van der Waals surface area contributed by atoms with Crippen LogP contribution < -0.4 is 9.62 Å². The van der Waals surface area contributed by atoms with Crippen molar-refractivity contribution in [2.24, 2.45) is 0 Å². The number of halogens is 1. The smallest absolute Gasteiger partial charge is 0.264 e. The molecule has 0 aromatic heterocycles. The molecule has 0 unspecified atom stereocenters. The molecular formula is C31H38ClN3O4S. The van der Waals surface area contributed by atoms with Crippen molar-refractivity contribution in [1.29, 1.82) is 0 Å². The fourth-order valence-electron chi connectivity index (χ4n) is 4.55. The number of carbonyl (C=O) groups is 2. The Hall–Kier alpha value is -3.36. The Bertz CT molecular complexity index is 1410. The van der Waals surface area contributed by atoms with Crippen LogP contribution in [0.15, 0.2) is 77.7 Å². The number of amides is 2. The van der Waals surface area contributed by atoms with Crippen molar-refractivity contribution < 1.29 is 18.0 Å². The van der Waals surface area contributed by atoms with Gasteiger partial charge in [0, 0.05) is 18.1 Å². The Morgan fingerprint density at radius 3 is 2.25 bits per heavy atom. The second-order valence-corrected chi connectivity index (χ2v) is 12.1. The van der Waals surface area contributed by atoms with Crippen LogP contribution in [0.4, 0.5) is 5.69 Å². The Labute approximate surface area is 243 Å². The molecule has 3 aromatic carbocycles. The second kappa shape index (κ2) is 14.3. The molecule has 0 spiro atoms. The standard InChI is InChI=1S/C31H38ClN3O4S/c1-5-7-19-33-31(37)28(6-2)34(21-25-13-11-12-16-27(25)32)30(36)22-35(29-18-17-23(3)20-24(29)4)40(38,39)26-14-9-8-10-15-26/h8-18,20,28H,5-7,19,21-22H2,1-4H3,(H,33,37)/t28-/m1/s1. The maximum atomic E-state index is 14.1. The lowest BCUT2D eigenvalue weighted by atomic mass is 10.1. The number of unbranched alkanes of at least 4 members (excludes halogenated alkanes) is 1. The predicted molar refractivity (Wildman–Crippen MR) is 161 cm³/mol. The van der Waals surface area contributed by atoms with Gasteiger partial charge in [0.2, 0.25) is 11.8 Å². The summed E-state index contributed by atoms with van der Waals surface area (Å²) in [5.74, 6) is -0.780. The van der Waals surface area contributed by atoms with E-state index in [0.29, 0.717) is 34.8 Å². The van der Waals surface area contributed by atoms with Crippen LogP contribution in [-0.4, -0.2) is 44.3 Å². The summed E-state index contributed by atoms with van der Waals surface area (Å²) in [6.45, 7) is 7.68. The maximum absolute atomic E-state index is 14.1. The Balaban J connectivity index is 2.07. The summed E-state index contributed by atoms with van der Waals surface area (Å²) in [7, 11) is -4.11. The van der Waals surface area contributed by atoms with Gasteiger partial charge in [-0.25, -0.2) is 8.42 Å². The van der Waals surface area contributed by atoms with Crippen molar-refractivity contribution in [3.8, 4) is 0 Å². The topological polar surface area (TPSA) is 86.8 Å². The first-order valence-corrected chi connectivity index (χ1v) is 15.4. The minimum atomic E-state index is -4.11. The third-order valence-corrected chi connectivity index (χ3v) is 8.89. The summed E-state index contributed by atoms with van der Waals surface area (Å²) in [5, 5.41) is 3.39. The molecule has 0 bridgehead atoms. The molecule has 214 valence electrons. The monoisotopic (exact) mass is 583 g/mol. The van der Waals surface area contributed by atoms with Gasteiger partial charge in [0.25, 0.3) is 10.0 Å². The molecule has 7 nitrogen and oxygen atoms in total. The number of nitrogens with zero attached hydrogens (tertiary/aromatic N) is 2. The van der Waals surface area contributed by atoms with Gasteiger partial charge < -0.3 is 10.2 Å². The quantitative estimate of drug-likeness (QED) is 0.255. The van der Waals surface area contributed by atoms with Gasteiger partial charge in [-0.1, -0.05) is 86.0 Å². The lowest BCUT2D eigenvalue weighted by Gasteiger charge is -2.33. The molecule has 0 saturated carbocycles. The molecule has 9 heteroatoms. The van der Waals surface area contributed by atoms with Crippen LogP contribution in [-0.2, 0) is 26.2 Å². The summed E-state index contributed by atoms with van der Waals surface area (Å²) in [6.07, 6.45) is 2.08. The van der Waals surface area contributed by atoms with Gasteiger partial charge in [0.1, 0.15) is 12.6 Å². The van der Waals surface area contributed by atoms with E-state index in [-0.39, 0.29) is 17.3 Å². The summed E-state index contributed by atoms with van der Waals surface area (Å²) in [4.78, 5) is 28.9. The maximum Gasteiger partial charge on any atom is 0.264 e. The Morgan fingerprint density at radius 1 is 0.950 bits per heavy atom. The number of sulfonamides is 1. The molecule has 0 saturated heterocycles. The van der Waals surface area contributed by atoms with Crippen LogP contribution in [0.5, 0.6) is 0 Å². The summed E-state index contributed by atoms with van der Waals surface area (Å²) in [5.41, 5.74) is 2.76. The van der Waals surface area contributed by atoms with Gasteiger partial charge in [-0.3, -0.25) is 13.9 Å². The third-order valence-electron chi connectivity index (χ3n) is 6.75. The number of anilines is 1. The Morgan fingerprint density at radius 2 is 1.62 bits per heavy atom. The minimum Gasteiger partial charge on any atom is -0.354 e. The first kappa shape index (κ1) is 31.2. The van der Waals surface area contributed by atoms with Crippen molar-refractivity contribution in [3.05, 3.63) is 94.5 Å². The van der Waals surface area contributed by atoms with E-state index in [0.717, 1.165) is 22.7 Å². The van der Waals surface area contributed by atoms with Crippen LogP contribution in [0.2, 0.25) is 5.02 Å².